The normalized spacial score (nSPS) is 10.2. The Labute approximate surface area is 125 Å². The van der Waals surface area contributed by atoms with Crippen molar-refractivity contribution in [1.82, 2.24) is 9.78 Å². The Kier molecular flexibility index (Phi) is 4.13. The molecule has 7 nitrogen and oxygen atoms in total. The third kappa shape index (κ3) is 3.51. The van der Waals surface area contributed by atoms with Crippen LogP contribution in [-0.2, 0) is 7.05 Å². The van der Waals surface area contributed by atoms with E-state index in [1.807, 2.05) is 0 Å². The van der Waals surface area contributed by atoms with Gasteiger partial charge >= 0.3 is 12.0 Å². The SMILES string of the molecule is Cc1nn(C)cc1NC(=O)Nc1ccc(C(=O)O)cc1Cl. The average molecular weight is 309 g/mol. The number of nitrogens with one attached hydrogen (secondary N) is 2. The maximum absolute atomic E-state index is 11.9. The van der Waals surface area contributed by atoms with E-state index in [1.165, 1.54) is 18.2 Å². The lowest BCUT2D eigenvalue weighted by Gasteiger charge is -2.08. The standard InChI is InChI=1S/C13H13ClN4O3/c1-7-11(6-18(2)17-7)16-13(21)15-10-4-3-8(12(19)20)5-9(10)14/h3-6H,1-2H3,(H,19,20)(H2,15,16,21). The van der Waals surface area contributed by atoms with Gasteiger partial charge in [0.15, 0.2) is 0 Å². The van der Waals surface area contributed by atoms with Crippen LogP contribution in [0.15, 0.2) is 24.4 Å². The Bertz CT molecular complexity index is 711. The zero-order chi connectivity index (χ0) is 15.6. The largest absolute Gasteiger partial charge is 0.478 e. The highest BCUT2D eigenvalue weighted by Crippen LogP contribution is 2.23. The number of anilines is 2. The minimum absolute atomic E-state index is 0.0501. The van der Waals surface area contributed by atoms with Gasteiger partial charge in [-0.3, -0.25) is 4.68 Å². The predicted octanol–water partition coefficient (Wildman–Crippen LogP) is 2.72. The summed E-state index contributed by atoms with van der Waals surface area (Å²) < 4.78 is 1.58. The van der Waals surface area contributed by atoms with Crippen molar-refractivity contribution in [2.75, 3.05) is 10.6 Å². The molecule has 0 aliphatic carbocycles. The Hall–Kier alpha value is -2.54. The summed E-state index contributed by atoms with van der Waals surface area (Å²) in [6.45, 7) is 1.77. The number of benzene rings is 1. The van der Waals surface area contributed by atoms with Crippen molar-refractivity contribution >= 4 is 35.0 Å². The molecule has 2 rings (SSSR count). The van der Waals surface area contributed by atoms with Crippen LogP contribution in [0.3, 0.4) is 0 Å². The summed E-state index contributed by atoms with van der Waals surface area (Å²) in [7, 11) is 1.75. The molecule has 0 fully saturated rings. The second-order valence-corrected chi connectivity index (χ2v) is 4.79. The smallest absolute Gasteiger partial charge is 0.335 e. The summed E-state index contributed by atoms with van der Waals surface area (Å²) in [5, 5.41) is 18.3. The second kappa shape index (κ2) is 5.84. The van der Waals surface area contributed by atoms with E-state index in [9.17, 15) is 9.59 Å². The third-order valence-electron chi connectivity index (χ3n) is 2.73. The van der Waals surface area contributed by atoms with E-state index < -0.39 is 12.0 Å². The number of carboxylic acid groups (broad SMARTS) is 1. The van der Waals surface area contributed by atoms with Gasteiger partial charge in [-0.05, 0) is 25.1 Å². The van der Waals surface area contributed by atoms with E-state index in [4.69, 9.17) is 16.7 Å². The second-order valence-electron chi connectivity index (χ2n) is 4.38. The van der Waals surface area contributed by atoms with Gasteiger partial charge in [-0.2, -0.15) is 5.10 Å². The first-order valence-corrected chi connectivity index (χ1v) is 6.35. The molecule has 0 spiro atoms. The molecule has 0 saturated carbocycles. The fourth-order valence-electron chi connectivity index (χ4n) is 1.75. The molecule has 21 heavy (non-hydrogen) atoms. The van der Waals surface area contributed by atoms with Crippen molar-refractivity contribution in [3.63, 3.8) is 0 Å². The Morgan fingerprint density at radius 3 is 2.48 bits per heavy atom. The quantitative estimate of drug-likeness (QED) is 0.812. The molecular weight excluding hydrogens is 296 g/mol. The van der Waals surface area contributed by atoms with Gasteiger partial charge in [-0.15, -0.1) is 0 Å². The topological polar surface area (TPSA) is 96.3 Å². The van der Waals surface area contributed by atoms with Crippen LogP contribution in [0.2, 0.25) is 5.02 Å². The fraction of sp³-hybridized carbons (Fsp3) is 0.154. The van der Waals surface area contributed by atoms with Gasteiger partial charge in [0.25, 0.3) is 0 Å². The molecule has 1 aromatic carbocycles. The Morgan fingerprint density at radius 2 is 1.95 bits per heavy atom. The van der Waals surface area contributed by atoms with E-state index in [1.54, 1.807) is 24.9 Å². The number of urea groups is 1. The number of hydrogen-bond acceptors (Lipinski definition) is 3. The molecule has 0 aliphatic rings. The summed E-state index contributed by atoms with van der Waals surface area (Å²) in [6.07, 6.45) is 1.67. The van der Waals surface area contributed by atoms with Crippen LogP contribution in [0.25, 0.3) is 0 Å². The van der Waals surface area contributed by atoms with Gasteiger partial charge in [0.1, 0.15) is 0 Å². The van der Waals surface area contributed by atoms with E-state index in [0.717, 1.165) is 0 Å². The number of aromatic carboxylic acids is 1. The first kappa shape index (κ1) is 14.9. The van der Waals surface area contributed by atoms with Crippen molar-refractivity contribution in [1.29, 1.82) is 0 Å². The van der Waals surface area contributed by atoms with Crippen LogP contribution in [0, 0.1) is 6.92 Å². The fourth-order valence-corrected chi connectivity index (χ4v) is 1.98. The molecule has 8 heteroatoms. The molecule has 0 radical (unpaired) electrons. The number of halogens is 1. The van der Waals surface area contributed by atoms with Gasteiger partial charge in [0.05, 0.1) is 27.7 Å². The highest BCUT2D eigenvalue weighted by Gasteiger charge is 2.11. The highest BCUT2D eigenvalue weighted by molar-refractivity contribution is 6.34. The zero-order valence-corrected chi connectivity index (χ0v) is 12.1. The Balaban J connectivity index is 2.09. The van der Waals surface area contributed by atoms with Gasteiger partial charge in [-0.1, -0.05) is 11.6 Å². The van der Waals surface area contributed by atoms with Crippen molar-refractivity contribution in [2.24, 2.45) is 7.05 Å². The molecule has 0 atom stereocenters. The number of carbonyl (C=O) groups is 2. The minimum Gasteiger partial charge on any atom is -0.478 e. The molecule has 2 amide bonds. The molecular formula is C13H13ClN4O3. The number of amides is 2. The first-order valence-electron chi connectivity index (χ1n) is 5.98. The number of carboxylic acids is 1. The number of hydrogen-bond donors (Lipinski definition) is 3. The minimum atomic E-state index is -1.08. The summed E-state index contributed by atoms with van der Waals surface area (Å²) in [5.74, 6) is -1.08. The highest BCUT2D eigenvalue weighted by atomic mass is 35.5. The van der Waals surface area contributed by atoms with Crippen molar-refractivity contribution in [3.8, 4) is 0 Å². The van der Waals surface area contributed by atoms with E-state index in [0.29, 0.717) is 17.1 Å². The number of nitrogens with zero attached hydrogens (tertiary/aromatic N) is 2. The molecule has 0 bridgehead atoms. The van der Waals surface area contributed by atoms with E-state index in [-0.39, 0.29) is 10.6 Å². The third-order valence-corrected chi connectivity index (χ3v) is 3.04. The maximum Gasteiger partial charge on any atom is 0.335 e. The van der Waals surface area contributed by atoms with E-state index >= 15 is 0 Å². The number of carbonyl (C=O) groups excluding carboxylic acids is 1. The van der Waals surface area contributed by atoms with Crippen LogP contribution in [0.1, 0.15) is 16.1 Å². The van der Waals surface area contributed by atoms with Gasteiger partial charge in [-0.25, -0.2) is 9.59 Å². The molecule has 110 valence electrons. The van der Waals surface area contributed by atoms with Gasteiger partial charge in [0.2, 0.25) is 0 Å². The molecule has 1 aromatic heterocycles. The average Bonchev–Trinajstić information content (AvgIpc) is 2.70. The molecule has 3 N–H and O–H groups in total. The zero-order valence-electron chi connectivity index (χ0n) is 11.3. The van der Waals surface area contributed by atoms with Crippen LogP contribution in [0.5, 0.6) is 0 Å². The number of aryl methyl sites for hydroxylation is 2. The van der Waals surface area contributed by atoms with Crippen LogP contribution >= 0.6 is 11.6 Å². The number of aromatic nitrogens is 2. The van der Waals surface area contributed by atoms with Crippen molar-refractivity contribution in [2.45, 2.75) is 6.92 Å². The molecule has 0 aliphatic heterocycles. The van der Waals surface area contributed by atoms with Crippen LogP contribution < -0.4 is 10.6 Å². The summed E-state index contributed by atoms with van der Waals surface area (Å²) in [4.78, 5) is 22.7. The summed E-state index contributed by atoms with van der Waals surface area (Å²) >= 11 is 5.93. The Morgan fingerprint density at radius 1 is 1.29 bits per heavy atom. The van der Waals surface area contributed by atoms with Crippen LogP contribution in [0.4, 0.5) is 16.2 Å². The van der Waals surface area contributed by atoms with Gasteiger partial charge in [0, 0.05) is 13.2 Å². The van der Waals surface area contributed by atoms with Gasteiger partial charge < -0.3 is 15.7 Å². The molecule has 1 heterocycles. The predicted molar refractivity (Wildman–Crippen MR) is 79.0 cm³/mol. The van der Waals surface area contributed by atoms with Crippen molar-refractivity contribution < 1.29 is 14.7 Å². The summed E-state index contributed by atoms with van der Waals surface area (Å²) in [5.41, 5.74) is 1.63. The maximum atomic E-state index is 11.9. The summed E-state index contributed by atoms with van der Waals surface area (Å²) in [6, 6.07) is 3.58. The molecule has 2 aromatic rings. The lowest BCUT2D eigenvalue weighted by Crippen LogP contribution is -2.20. The monoisotopic (exact) mass is 308 g/mol. The van der Waals surface area contributed by atoms with Crippen LogP contribution in [-0.4, -0.2) is 26.9 Å². The number of rotatable bonds is 3. The molecule has 0 saturated heterocycles. The molecule has 0 unspecified atom stereocenters. The van der Waals surface area contributed by atoms with Crippen molar-refractivity contribution in [3.05, 3.63) is 40.7 Å². The van der Waals surface area contributed by atoms with E-state index in [2.05, 4.69) is 15.7 Å². The lowest BCUT2D eigenvalue weighted by atomic mass is 10.2. The lowest BCUT2D eigenvalue weighted by molar-refractivity contribution is 0.0697. The first-order chi connectivity index (χ1) is 9.86.